The largest absolute Gasteiger partial charge is 0.352 e. The standard InChI is InChI=1S/C19H27N3O5S/c1-13-6-7-14(28(26,27)21-19(2,3)4)12-15(13)18(25)20-10-5-11-22-16(23)8-9-17(22)24/h6-7,12,21H,5,8-11H2,1-4H3,(H,20,25). The molecule has 0 radical (unpaired) electrons. The Bertz CT molecular complexity index is 871. The number of hydrogen-bond acceptors (Lipinski definition) is 5. The molecule has 9 heteroatoms. The van der Waals surface area contributed by atoms with Crippen LogP contribution in [0.15, 0.2) is 23.1 Å². The van der Waals surface area contributed by atoms with Crippen molar-refractivity contribution < 1.29 is 22.8 Å². The number of nitrogens with one attached hydrogen (secondary N) is 2. The molecule has 1 heterocycles. The monoisotopic (exact) mass is 409 g/mol. The van der Waals surface area contributed by atoms with Gasteiger partial charge in [-0.15, -0.1) is 0 Å². The Balaban J connectivity index is 2.01. The van der Waals surface area contributed by atoms with E-state index in [9.17, 15) is 22.8 Å². The van der Waals surface area contributed by atoms with Crippen molar-refractivity contribution in [2.45, 2.75) is 57.4 Å². The van der Waals surface area contributed by atoms with E-state index in [-0.39, 0.29) is 48.2 Å². The van der Waals surface area contributed by atoms with Gasteiger partial charge in [-0.2, -0.15) is 0 Å². The van der Waals surface area contributed by atoms with Gasteiger partial charge < -0.3 is 5.32 Å². The number of rotatable bonds is 7. The van der Waals surface area contributed by atoms with Crippen LogP contribution in [0.1, 0.15) is 56.0 Å². The molecule has 0 spiro atoms. The molecular weight excluding hydrogens is 382 g/mol. The molecule has 3 amide bonds. The number of nitrogens with zero attached hydrogens (tertiary/aromatic N) is 1. The van der Waals surface area contributed by atoms with Crippen LogP contribution >= 0.6 is 0 Å². The van der Waals surface area contributed by atoms with Crippen molar-refractivity contribution in [3.05, 3.63) is 29.3 Å². The molecule has 1 aliphatic heterocycles. The van der Waals surface area contributed by atoms with Crippen LogP contribution in [0.5, 0.6) is 0 Å². The molecule has 0 bridgehead atoms. The Morgan fingerprint density at radius 2 is 1.75 bits per heavy atom. The first kappa shape index (κ1) is 22.0. The van der Waals surface area contributed by atoms with Gasteiger partial charge in [0.15, 0.2) is 0 Å². The van der Waals surface area contributed by atoms with Crippen LogP contribution in [0.2, 0.25) is 0 Å². The van der Waals surface area contributed by atoms with E-state index in [0.717, 1.165) is 0 Å². The van der Waals surface area contributed by atoms with E-state index in [1.165, 1.54) is 17.0 Å². The van der Waals surface area contributed by atoms with Crippen molar-refractivity contribution in [2.24, 2.45) is 0 Å². The Kier molecular flexibility index (Phi) is 6.61. The summed E-state index contributed by atoms with van der Waals surface area (Å²) >= 11 is 0. The van der Waals surface area contributed by atoms with E-state index < -0.39 is 21.5 Å². The maximum atomic E-state index is 12.5. The lowest BCUT2D eigenvalue weighted by Crippen LogP contribution is -2.40. The minimum Gasteiger partial charge on any atom is -0.352 e. The SMILES string of the molecule is Cc1ccc(S(=O)(=O)NC(C)(C)C)cc1C(=O)NCCCN1C(=O)CCC1=O. The molecule has 2 rings (SSSR count). The molecule has 0 atom stereocenters. The topological polar surface area (TPSA) is 113 Å². The molecular formula is C19H27N3O5S. The predicted molar refractivity (Wildman–Crippen MR) is 104 cm³/mol. The first-order chi connectivity index (χ1) is 12.9. The van der Waals surface area contributed by atoms with Gasteiger partial charge in [0.1, 0.15) is 0 Å². The molecule has 154 valence electrons. The summed E-state index contributed by atoms with van der Waals surface area (Å²) in [7, 11) is -3.75. The predicted octanol–water partition coefficient (Wildman–Crippen LogP) is 1.34. The summed E-state index contributed by atoms with van der Waals surface area (Å²) in [6, 6.07) is 4.41. The van der Waals surface area contributed by atoms with Gasteiger partial charge >= 0.3 is 0 Å². The lowest BCUT2D eigenvalue weighted by Gasteiger charge is -2.20. The van der Waals surface area contributed by atoms with Gasteiger partial charge in [0.2, 0.25) is 21.8 Å². The molecule has 1 aliphatic rings. The Morgan fingerprint density at radius 1 is 1.14 bits per heavy atom. The summed E-state index contributed by atoms with van der Waals surface area (Å²) in [4.78, 5) is 36.8. The summed E-state index contributed by atoms with van der Waals surface area (Å²) in [5, 5.41) is 2.72. The zero-order valence-corrected chi connectivity index (χ0v) is 17.5. The number of amides is 3. The fourth-order valence-electron chi connectivity index (χ4n) is 2.88. The second-order valence-electron chi connectivity index (χ2n) is 7.88. The minimum atomic E-state index is -3.75. The van der Waals surface area contributed by atoms with Gasteiger partial charge in [0.05, 0.1) is 4.90 Å². The molecule has 0 unspecified atom stereocenters. The van der Waals surface area contributed by atoms with Crippen molar-refractivity contribution in [2.75, 3.05) is 13.1 Å². The zero-order valence-electron chi connectivity index (χ0n) is 16.7. The number of imide groups is 1. The van der Waals surface area contributed by atoms with Gasteiger partial charge in [-0.25, -0.2) is 13.1 Å². The number of likely N-dealkylation sites (tertiary alicyclic amines) is 1. The highest BCUT2D eigenvalue weighted by molar-refractivity contribution is 7.89. The first-order valence-electron chi connectivity index (χ1n) is 9.17. The fourth-order valence-corrected chi connectivity index (χ4v) is 4.33. The molecule has 8 nitrogen and oxygen atoms in total. The van der Waals surface area contributed by atoms with Crippen LogP contribution in [0.25, 0.3) is 0 Å². The van der Waals surface area contributed by atoms with Crippen molar-refractivity contribution >= 4 is 27.7 Å². The van der Waals surface area contributed by atoms with E-state index in [4.69, 9.17) is 0 Å². The third kappa shape index (κ3) is 5.62. The van der Waals surface area contributed by atoms with E-state index in [1.54, 1.807) is 33.8 Å². The Morgan fingerprint density at radius 3 is 2.32 bits per heavy atom. The summed E-state index contributed by atoms with van der Waals surface area (Å²) < 4.78 is 27.5. The van der Waals surface area contributed by atoms with Crippen LogP contribution < -0.4 is 10.0 Å². The Hall–Kier alpha value is -2.26. The average molecular weight is 410 g/mol. The maximum Gasteiger partial charge on any atom is 0.251 e. The number of benzene rings is 1. The number of aryl methyl sites for hydroxylation is 1. The highest BCUT2D eigenvalue weighted by Crippen LogP contribution is 2.18. The summed E-state index contributed by atoms with van der Waals surface area (Å²) in [5.74, 6) is -0.766. The Labute approximate surface area is 165 Å². The number of carbonyl (C=O) groups excluding carboxylic acids is 3. The molecule has 0 aliphatic carbocycles. The second-order valence-corrected chi connectivity index (χ2v) is 9.56. The number of sulfonamides is 1. The van der Waals surface area contributed by atoms with Gasteiger partial charge in [-0.3, -0.25) is 19.3 Å². The third-order valence-corrected chi connectivity index (χ3v) is 5.96. The van der Waals surface area contributed by atoms with E-state index >= 15 is 0 Å². The van der Waals surface area contributed by atoms with Gasteiger partial charge in [-0.05, 0) is 51.8 Å². The van der Waals surface area contributed by atoms with E-state index in [2.05, 4.69) is 10.0 Å². The number of hydrogen-bond donors (Lipinski definition) is 2. The van der Waals surface area contributed by atoms with Gasteiger partial charge in [0.25, 0.3) is 5.91 Å². The normalized spacial score (nSPS) is 15.2. The molecule has 28 heavy (non-hydrogen) atoms. The van der Waals surface area contributed by atoms with E-state index in [1.807, 2.05) is 0 Å². The van der Waals surface area contributed by atoms with Crippen LogP contribution in [0, 0.1) is 6.92 Å². The molecule has 1 fully saturated rings. The molecule has 1 aromatic carbocycles. The fraction of sp³-hybridized carbons (Fsp3) is 0.526. The average Bonchev–Trinajstić information content (AvgIpc) is 2.88. The van der Waals surface area contributed by atoms with Crippen molar-refractivity contribution in [1.82, 2.24) is 14.9 Å². The highest BCUT2D eigenvalue weighted by Gasteiger charge is 2.28. The third-order valence-electron chi connectivity index (χ3n) is 4.20. The molecule has 1 aromatic rings. The minimum absolute atomic E-state index is 0.0198. The van der Waals surface area contributed by atoms with Gasteiger partial charge in [0, 0.05) is 37.0 Å². The maximum absolute atomic E-state index is 12.5. The van der Waals surface area contributed by atoms with Crippen LogP contribution in [0.3, 0.4) is 0 Å². The summed E-state index contributed by atoms with van der Waals surface area (Å²) in [5.41, 5.74) is 0.276. The lowest BCUT2D eigenvalue weighted by atomic mass is 10.1. The molecule has 0 aromatic heterocycles. The zero-order chi connectivity index (χ0) is 21.1. The van der Waals surface area contributed by atoms with Crippen LogP contribution in [-0.2, 0) is 19.6 Å². The second kappa shape index (κ2) is 8.40. The molecule has 1 saturated heterocycles. The van der Waals surface area contributed by atoms with Crippen molar-refractivity contribution in [1.29, 1.82) is 0 Å². The highest BCUT2D eigenvalue weighted by atomic mass is 32.2. The van der Waals surface area contributed by atoms with E-state index in [0.29, 0.717) is 12.0 Å². The summed E-state index contributed by atoms with van der Waals surface area (Å²) in [6.07, 6.45) is 0.925. The quantitative estimate of drug-likeness (QED) is 0.521. The van der Waals surface area contributed by atoms with Crippen LogP contribution in [0.4, 0.5) is 0 Å². The smallest absolute Gasteiger partial charge is 0.251 e. The number of carbonyl (C=O) groups is 3. The van der Waals surface area contributed by atoms with Crippen LogP contribution in [-0.4, -0.2) is 49.7 Å². The first-order valence-corrected chi connectivity index (χ1v) is 10.6. The summed E-state index contributed by atoms with van der Waals surface area (Å²) in [6.45, 7) is 7.48. The van der Waals surface area contributed by atoms with Gasteiger partial charge in [-0.1, -0.05) is 6.07 Å². The molecule has 0 saturated carbocycles. The molecule has 2 N–H and O–H groups in total. The van der Waals surface area contributed by atoms with Crippen molar-refractivity contribution in [3.8, 4) is 0 Å². The lowest BCUT2D eigenvalue weighted by molar-refractivity contribution is -0.138. The van der Waals surface area contributed by atoms with Crippen molar-refractivity contribution in [3.63, 3.8) is 0 Å².